The van der Waals surface area contributed by atoms with Gasteiger partial charge in [0.2, 0.25) is 5.91 Å². The van der Waals surface area contributed by atoms with Crippen molar-refractivity contribution in [1.29, 1.82) is 0 Å². The molecule has 0 radical (unpaired) electrons. The first-order chi connectivity index (χ1) is 11.4. The number of carbonyl (C=O) groups excluding carboxylic acids is 2. The molecule has 1 aliphatic rings. The number of rotatable bonds is 5. The van der Waals surface area contributed by atoms with Crippen LogP contribution in [0.1, 0.15) is 12.5 Å². The Hall–Kier alpha value is -1.83. The zero-order chi connectivity index (χ0) is 17.7. The molecular formula is C16H15ClNO4S2-. The Morgan fingerprint density at radius 3 is 2.83 bits per heavy atom. The predicted molar refractivity (Wildman–Crippen MR) is 103 cm³/mol. The largest absolute Gasteiger partial charge is 0.481 e. The minimum atomic E-state index is -0.517. The Balaban J connectivity index is 2.28. The molecule has 0 saturated heterocycles. The van der Waals surface area contributed by atoms with Gasteiger partial charge in [0.05, 0.1) is 7.11 Å². The summed E-state index contributed by atoms with van der Waals surface area (Å²) in [5.41, 5.74) is 0.707. The number of ether oxygens (including phenoxy) is 2. The molecule has 2 rings (SSSR count). The van der Waals surface area contributed by atoms with Crippen LogP contribution in [0.25, 0.3) is 6.08 Å². The van der Waals surface area contributed by atoms with Crippen molar-refractivity contribution in [2.45, 2.75) is 6.92 Å². The van der Waals surface area contributed by atoms with Gasteiger partial charge in [-0.2, -0.15) is 4.86 Å². The summed E-state index contributed by atoms with van der Waals surface area (Å²) >= 11 is 11.2. The molecule has 128 valence electrons. The fourth-order valence-electron chi connectivity index (χ4n) is 1.84. The average Bonchev–Trinajstić information content (AvgIpc) is 2.89. The maximum absolute atomic E-state index is 11.4. The average molecular weight is 385 g/mol. The van der Waals surface area contributed by atoms with Crippen molar-refractivity contribution in [3.8, 4) is 5.75 Å². The van der Waals surface area contributed by atoms with Crippen LogP contribution >= 0.6 is 23.8 Å². The number of amides is 1. The minimum Gasteiger partial charge on any atom is -0.481 e. The maximum atomic E-state index is 11.4. The highest BCUT2D eigenvalue weighted by Gasteiger charge is 2.06. The van der Waals surface area contributed by atoms with Gasteiger partial charge in [-0.25, -0.2) is 4.79 Å². The van der Waals surface area contributed by atoms with Gasteiger partial charge in [0.25, 0.3) is 0 Å². The molecule has 1 aliphatic heterocycles. The lowest BCUT2D eigenvalue weighted by molar-refractivity contribution is -0.142. The Morgan fingerprint density at radius 1 is 1.46 bits per heavy atom. The van der Waals surface area contributed by atoms with Crippen LogP contribution in [0.15, 0.2) is 24.3 Å². The van der Waals surface area contributed by atoms with Crippen LogP contribution in [0.4, 0.5) is 0 Å². The Labute approximate surface area is 152 Å². The number of esters is 1. The van der Waals surface area contributed by atoms with Crippen molar-refractivity contribution >= 4 is 66.4 Å². The summed E-state index contributed by atoms with van der Waals surface area (Å²) in [5, 5.41) is 4.71. The zero-order valence-electron chi connectivity index (χ0n) is 13.0. The summed E-state index contributed by atoms with van der Waals surface area (Å²) in [4.78, 5) is 23.5. The van der Waals surface area contributed by atoms with Gasteiger partial charge in [0.15, 0.2) is 6.61 Å². The lowest BCUT2D eigenvalue weighted by Gasteiger charge is -2.11. The molecule has 0 fully saturated rings. The quantitative estimate of drug-likeness (QED) is 0.364. The van der Waals surface area contributed by atoms with Crippen molar-refractivity contribution in [3.63, 3.8) is 0 Å². The normalized spacial score (nSPS) is 17.5. The van der Waals surface area contributed by atoms with E-state index in [0.717, 1.165) is 4.86 Å². The van der Waals surface area contributed by atoms with Crippen molar-refractivity contribution in [2.75, 3.05) is 13.7 Å². The summed E-state index contributed by atoms with van der Waals surface area (Å²) < 4.78 is 10.5. The fourth-order valence-corrected chi connectivity index (χ4v) is 3.95. The summed E-state index contributed by atoms with van der Waals surface area (Å²) in [6.45, 7) is 1.70. The molecule has 0 unspecified atom stereocenters. The Bertz CT molecular complexity index is 823. The van der Waals surface area contributed by atoms with Crippen molar-refractivity contribution in [3.05, 3.63) is 34.9 Å². The first-order valence-corrected chi connectivity index (χ1v) is 8.92. The van der Waals surface area contributed by atoms with Crippen LogP contribution < -0.4 is 10.1 Å². The molecule has 24 heavy (non-hydrogen) atoms. The zero-order valence-corrected chi connectivity index (χ0v) is 15.4. The van der Waals surface area contributed by atoms with E-state index in [1.807, 2.05) is 13.0 Å². The second-order valence-corrected chi connectivity index (χ2v) is 7.79. The van der Waals surface area contributed by atoms with Gasteiger partial charge in [-0.1, -0.05) is 42.9 Å². The molecule has 0 spiro atoms. The van der Waals surface area contributed by atoms with Crippen LogP contribution in [0.5, 0.6) is 5.75 Å². The number of carbonyl (C=O) groups is 2. The first-order valence-electron chi connectivity index (χ1n) is 6.84. The molecule has 8 heteroatoms. The number of halogens is 1. The number of benzene rings is 1. The van der Waals surface area contributed by atoms with Gasteiger partial charge < -0.3 is 24.9 Å². The molecule has 1 heterocycles. The molecule has 0 bridgehead atoms. The van der Waals surface area contributed by atoms with E-state index in [1.54, 1.807) is 29.6 Å². The molecule has 1 N–H and O–H groups in total. The van der Waals surface area contributed by atoms with E-state index in [0.29, 0.717) is 20.7 Å². The summed E-state index contributed by atoms with van der Waals surface area (Å²) in [6.07, 6.45) is 3.66. The second kappa shape index (κ2) is 8.32. The number of hydrogen-bond donors (Lipinski definition) is 1. The third-order valence-corrected chi connectivity index (χ3v) is 5.70. The predicted octanol–water partition coefficient (Wildman–Crippen LogP) is 1.93. The van der Waals surface area contributed by atoms with Crippen molar-refractivity contribution < 1.29 is 19.1 Å². The molecule has 1 aromatic carbocycles. The maximum Gasteiger partial charge on any atom is 0.343 e. The Kier molecular flexibility index (Phi) is 6.42. The van der Waals surface area contributed by atoms with Crippen molar-refractivity contribution in [1.82, 2.24) is 5.32 Å². The summed E-state index contributed by atoms with van der Waals surface area (Å²) in [6, 6.07) is 5.08. The third kappa shape index (κ3) is 4.83. The van der Waals surface area contributed by atoms with Gasteiger partial charge >= 0.3 is 5.97 Å². The standard InChI is InChI=1S/C16H15ClNO4S2/c1-10(24-9-14(19)18-16(24)23)3-4-11-7-12(17)5-6-13(11)22-8-15(20)21-2/h3-7,9H,8H2,1-2H3,(H,18,19,23)/q-1. The molecule has 0 atom stereocenters. The second-order valence-electron chi connectivity index (χ2n) is 4.72. The molecule has 0 saturated carbocycles. The lowest BCUT2D eigenvalue weighted by atomic mass is 10.2. The topological polar surface area (TPSA) is 64.6 Å². The fraction of sp³-hybridized carbons (Fsp3) is 0.188. The smallest absolute Gasteiger partial charge is 0.343 e. The number of nitrogens with one attached hydrogen (secondary N) is 1. The molecule has 5 nitrogen and oxygen atoms in total. The molecule has 1 amide bonds. The minimum absolute atomic E-state index is 0.180. The van der Waals surface area contributed by atoms with Gasteiger partial charge in [-0.05, 0) is 22.5 Å². The highest BCUT2D eigenvalue weighted by Crippen LogP contribution is 2.24. The number of hydrogen-bond acceptors (Lipinski definition) is 6. The molecule has 0 aromatic heterocycles. The van der Waals surface area contributed by atoms with Crippen LogP contribution in [0, 0.1) is 0 Å². The summed E-state index contributed by atoms with van der Waals surface area (Å²) in [7, 11) is 0.778. The third-order valence-electron chi connectivity index (χ3n) is 3.04. The monoisotopic (exact) mass is 384 g/mol. The van der Waals surface area contributed by atoms with Crippen LogP contribution in [-0.2, 0) is 24.4 Å². The van der Waals surface area contributed by atoms with Crippen LogP contribution in [0.3, 0.4) is 0 Å². The molecule has 0 aliphatic carbocycles. The van der Waals surface area contributed by atoms with E-state index < -0.39 is 16.0 Å². The highest BCUT2D eigenvalue weighted by molar-refractivity contribution is 8.19. The van der Waals surface area contributed by atoms with Gasteiger partial charge in [-0.15, -0.1) is 5.37 Å². The van der Waals surface area contributed by atoms with E-state index >= 15 is 0 Å². The van der Waals surface area contributed by atoms with E-state index in [-0.39, 0.29) is 12.5 Å². The number of methoxy groups -OCH3 is 1. The first kappa shape index (κ1) is 18.5. The number of allylic oxidation sites excluding steroid dienone is 1. The van der Waals surface area contributed by atoms with Crippen LogP contribution in [0.2, 0.25) is 5.02 Å². The molecule has 1 aromatic rings. The van der Waals surface area contributed by atoms with E-state index in [1.165, 1.54) is 7.11 Å². The lowest BCUT2D eigenvalue weighted by Crippen LogP contribution is -2.21. The van der Waals surface area contributed by atoms with Crippen molar-refractivity contribution in [2.24, 2.45) is 0 Å². The van der Waals surface area contributed by atoms with E-state index in [4.69, 9.17) is 28.6 Å². The van der Waals surface area contributed by atoms with E-state index in [2.05, 4.69) is 10.1 Å². The van der Waals surface area contributed by atoms with E-state index in [9.17, 15) is 9.59 Å². The SMILES string of the molecule is COC(=O)COc1ccc(Cl)cc1C=CC(C)=[S-]1=CC(=O)NC1=S. The van der Waals surface area contributed by atoms with Gasteiger partial charge in [-0.3, -0.25) is 4.79 Å². The summed E-state index contributed by atoms with van der Waals surface area (Å²) in [5.74, 6) is -0.148. The van der Waals surface area contributed by atoms with Gasteiger partial charge in [0, 0.05) is 10.6 Å². The van der Waals surface area contributed by atoms with Crippen LogP contribution in [-0.4, -0.2) is 40.1 Å². The Morgan fingerprint density at radius 2 is 2.21 bits per heavy atom. The molecular weight excluding hydrogens is 370 g/mol. The number of thiocarbonyl (C=S) groups is 1. The van der Waals surface area contributed by atoms with Gasteiger partial charge in [0.1, 0.15) is 5.75 Å². The highest BCUT2D eigenvalue weighted by atomic mass is 35.5.